The molecular formula is C24H20F2N2O3. The van der Waals surface area contributed by atoms with E-state index in [1.54, 1.807) is 36.4 Å². The van der Waals surface area contributed by atoms with Crippen molar-refractivity contribution in [3.05, 3.63) is 95.1 Å². The van der Waals surface area contributed by atoms with E-state index in [4.69, 9.17) is 4.74 Å². The Hall–Kier alpha value is -3.74. The van der Waals surface area contributed by atoms with Crippen LogP contribution < -0.4 is 15.4 Å². The number of hydrogen-bond donors (Lipinski definition) is 2. The minimum atomic E-state index is -0.428. The third kappa shape index (κ3) is 4.88. The molecule has 1 heterocycles. The van der Waals surface area contributed by atoms with Crippen molar-refractivity contribution in [2.24, 2.45) is 5.92 Å². The number of ether oxygens (including phenoxy) is 1. The second-order valence-electron chi connectivity index (χ2n) is 7.30. The first kappa shape index (κ1) is 20.5. The van der Waals surface area contributed by atoms with E-state index in [-0.39, 0.29) is 30.8 Å². The Kier molecular flexibility index (Phi) is 5.93. The zero-order valence-electron chi connectivity index (χ0n) is 16.5. The number of anilines is 1. The average Bonchev–Trinajstić information content (AvgIpc) is 2.78. The fourth-order valence-corrected chi connectivity index (χ4v) is 3.41. The van der Waals surface area contributed by atoms with Gasteiger partial charge in [-0.25, -0.2) is 8.78 Å². The van der Waals surface area contributed by atoms with Gasteiger partial charge in [0.1, 0.15) is 24.0 Å². The number of fused-ring (bicyclic) bond motifs is 1. The van der Waals surface area contributed by atoms with Crippen LogP contribution in [0.4, 0.5) is 14.5 Å². The van der Waals surface area contributed by atoms with E-state index in [0.717, 1.165) is 5.56 Å². The molecule has 2 N–H and O–H groups in total. The van der Waals surface area contributed by atoms with Gasteiger partial charge in [-0.05, 0) is 60.5 Å². The van der Waals surface area contributed by atoms with Crippen molar-refractivity contribution in [3.8, 4) is 5.75 Å². The van der Waals surface area contributed by atoms with Crippen LogP contribution in [0.2, 0.25) is 0 Å². The van der Waals surface area contributed by atoms with Crippen molar-refractivity contribution in [1.29, 1.82) is 0 Å². The van der Waals surface area contributed by atoms with Gasteiger partial charge in [0.2, 0.25) is 5.91 Å². The minimum Gasteiger partial charge on any atom is -0.492 e. The number of hydrogen-bond acceptors (Lipinski definition) is 3. The molecule has 0 saturated carbocycles. The van der Waals surface area contributed by atoms with E-state index < -0.39 is 11.7 Å². The Morgan fingerprint density at radius 1 is 1.00 bits per heavy atom. The molecule has 0 aliphatic carbocycles. The van der Waals surface area contributed by atoms with Gasteiger partial charge < -0.3 is 15.4 Å². The molecule has 1 atom stereocenters. The number of halogens is 2. The summed E-state index contributed by atoms with van der Waals surface area (Å²) in [7, 11) is 0. The fourth-order valence-electron chi connectivity index (χ4n) is 3.41. The van der Waals surface area contributed by atoms with E-state index in [2.05, 4.69) is 10.6 Å². The van der Waals surface area contributed by atoms with Crippen molar-refractivity contribution in [2.75, 3.05) is 11.9 Å². The molecule has 0 fully saturated rings. The summed E-state index contributed by atoms with van der Waals surface area (Å²) in [5.74, 6) is -1.15. The molecule has 31 heavy (non-hydrogen) atoms. The maximum Gasteiger partial charge on any atom is 0.255 e. The van der Waals surface area contributed by atoms with Crippen LogP contribution in [-0.2, 0) is 17.8 Å². The molecule has 0 radical (unpaired) electrons. The van der Waals surface area contributed by atoms with Crippen molar-refractivity contribution < 1.29 is 23.1 Å². The predicted octanol–water partition coefficient (Wildman–Crippen LogP) is 4.08. The minimum absolute atomic E-state index is 0.0998. The van der Waals surface area contributed by atoms with Crippen molar-refractivity contribution >= 4 is 17.5 Å². The van der Waals surface area contributed by atoms with Crippen LogP contribution in [0.25, 0.3) is 0 Å². The molecular weight excluding hydrogens is 402 g/mol. The van der Waals surface area contributed by atoms with Crippen molar-refractivity contribution in [3.63, 3.8) is 0 Å². The molecule has 1 aliphatic heterocycles. The zero-order chi connectivity index (χ0) is 21.8. The Morgan fingerprint density at radius 3 is 2.55 bits per heavy atom. The van der Waals surface area contributed by atoms with Gasteiger partial charge in [0.05, 0.1) is 5.92 Å². The van der Waals surface area contributed by atoms with Crippen LogP contribution in [0.1, 0.15) is 21.5 Å². The van der Waals surface area contributed by atoms with Gasteiger partial charge in [0, 0.05) is 23.4 Å². The van der Waals surface area contributed by atoms with E-state index in [9.17, 15) is 18.4 Å². The maximum atomic E-state index is 13.7. The summed E-state index contributed by atoms with van der Waals surface area (Å²) < 4.78 is 32.5. The SMILES string of the molecule is O=C(Nc1ccc2c(c1)CC(C(=O)NCc1ccccc1F)CO2)c1ccc(F)cc1. The molecule has 1 aliphatic rings. The van der Waals surface area contributed by atoms with Gasteiger partial charge >= 0.3 is 0 Å². The smallest absolute Gasteiger partial charge is 0.255 e. The Labute approximate surface area is 178 Å². The lowest BCUT2D eigenvalue weighted by molar-refractivity contribution is -0.126. The number of amides is 2. The monoisotopic (exact) mass is 422 g/mol. The molecule has 0 saturated heterocycles. The third-order valence-electron chi connectivity index (χ3n) is 5.11. The van der Waals surface area contributed by atoms with Crippen LogP contribution in [0.3, 0.4) is 0 Å². The summed E-state index contributed by atoms with van der Waals surface area (Å²) in [6.45, 7) is 0.319. The number of benzene rings is 3. The lowest BCUT2D eigenvalue weighted by atomic mass is 9.95. The summed E-state index contributed by atoms with van der Waals surface area (Å²) in [5.41, 5.74) is 2.08. The topological polar surface area (TPSA) is 67.4 Å². The summed E-state index contributed by atoms with van der Waals surface area (Å²) in [6, 6.07) is 16.7. The van der Waals surface area contributed by atoms with E-state index in [1.807, 2.05) is 0 Å². The van der Waals surface area contributed by atoms with Crippen LogP contribution >= 0.6 is 0 Å². The highest BCUT2D eigenvalue weighted by molar-refractivity contribution is 6.04. The largest absolute Gasteiger partial charge is 0.492 e. The van der Waals surface area contributed by atoms with Crippen LogP contribution in [-0.4, -0.2) is 18.4 Å². The lowest BCUT2D eigenvalue weighted by Gasteiger charge is -2.25. The normalized spacial score (nSPS) is 14.8. The molecule has 158 valence electrons. The highest BCUT2D eigenvalue weighted by atomic mass is 19.1. The number of nitrogens with one attached hydrogen (secondary N) is 2. The molecule has 5 nitrogen and oxygen atoms in total. The van der Waals surface area contributed by atoms with E-state index in [0.29, 0.717) is 29.0 Å². The van der Waals surface area contributed by atoms with E-state index in [1.165, 1.54) is 30.3 Å². The second kappa shape index (κ2) is 8.95. The Morgan fingerprint density at radius 2 is 1.77 bits per heavy atom. The van der Waals surface area contributed by atoms with Crippen molar-refractivity contribution in [2.45, 2.75) is 13.0 Å². The zero-order valence-corrected chi connectivity index (χ0v) is 16.5. The summed E-state index contributed by atoms with van der Waals surface area (Å²) in [5, 5.41) is 5.52. The highest BCUT2D eigenvalue weighted by Crippen LogP contribution is 2.30. The summed E-state index contributed by atoms with van der Waals surface area (Å²) in [4.78, 5) is 24.9. The number of carbonyl (C=O) groups excluding carboxylic acids is 2. The van der Waals surface area contributed by atoms with E-state index >= 15 is 0 Å². The fraction of sp³-hybridized carbons (Fsp3) is 0.167. The summed E-state index contributed by atoms with van der Waals surface area (Å²) >= 11 is 0. The van der Waals surface area contributed by atoms with Crippen LogP contribution in [0.15, 0.2) is 66.7 Å². The highest BCUT2D eigenvalue weighted by Gasteiger charge is 2.26. The molecule has 2 amide bonds. The first-order valence-corrected chi connectivity index (χ1v) is 9.83. The molecule has 1 unspecified atom stereocenters. The molecule has 0 spiro atoms. The van der Waals surface area contributed by atoms with Gasteiger partial charge in [-0.2, -0.15) is 0 Å². The average molecular weight is 422 g/mol. The molecule has 3 aromatic carbocycles. The quantitative estimate of drug-likeness (QED) is 0.651. The molecule has 0 aromatic heterocycles. The molecule has 4 rings (SSSR count). The lowest BCUT2D eigenvalue weighted by Crippen LogP contribution is -2.37. The molecule has 3 aromatic rings. The van der Waals surface area contributed by atoms with Gasteiger partial charge in [0.25, 0.3) is 5.91 Å². The van der Waals surface area contributed by atoms with Crippen LogP contribution in [0.5, 0.6) is 5.75 Å². The number of rotatable bonds is 5. The van der Waals surface area contributed by atoms with Gasteiger partial charge in [-0.15, -0.1) is 0 Å². The first-order valence-electron chi connectivity index (χ1n) is 9.83. The third-order valence-corrected chi connectivity index (χ3v) is 5.11. The van der Waals surface area contributed by atoms with Gasteiger partial charge in [-0.3, -0.25) is 9.59 Å². The predicted molar refractivity (Wildman–Crippen MR) is 112 cm³/mol. The maximum absolute atomic E-state index is 13.7. The summed E-state index contributed by atoms with van der Waals surface area (Å²) in [6.07, 6.45) is 0.429. The van der Waals surface area contributed by atoms with Crippen molar-refractivity contribution in [1.82, 2.24) is 5.32 Å². The second-order valence-corrected chi connectivity index (χ2v) is 7.30. The Balaban J connectivity index is 1.40. The first-order chi connectivity index (χ1) is 15.0. The molecule has 7 heteroatoms. The standard InChI is InChI=1S/C24H20F2N2O3/c25-19-7-5-15(6-8-19)24(30)28-20-9-10-22-17(12-20)11-18(14-31-22)23(29)27-13-16-3-1-2-4-21(16)26/h1-10,12,18H,11,13-14H2,(H,27,29)(H,28,30). The van der Waals surface area contributed by atoms with Gasteiger partial charge in [0.15, 0.2) is 0 Å². The number of carbonyl (C=O) groups is 2. The van der Waals surface area contributed by atoms with Gasteiger partial charge in [-0.1, -0.05) is 18.2 Å². The Bertz CT molecular complexity index is 1120. The molecule has 0 bridgehead atoms. The van der Waals surface area contributed by atoms with Crippen LogP contribution in [0, 0.1) is 17.6 Å².